The van der Waals surface area contributed by atoms with E-state index in [0.29, 0.717) is 25.7 Å². The Bertz CT molecular complexity index is 118. The predicted octanol–water partition coefficient (Wildman–Crippen LogP) is 0.694. The van der Waals surface area contributed by atoms with Crippen LogP contribution in [0.25, 0.3) is 0 Å². The fourth-order valence-corrected chi connectivity index (χ4v) is 0.827. The SMILES string of the molecule is O=C([S-])CCCCC(=O)[S-]. The Morgan fingerprint density at radius 3 is 1.40 bits per heavy atom. The van der Waals surface area contributed by atoms with Crippen molar-refractivity contribution in [1.82, 2.24) is 0 Å². The van der Waals surface area contributed by atoms with Gasteiger partial charge in [0.05, 0.1) is 0 Å². The van der Waals surface area contributed by atoms with Crippen molar-refractivity contribution in [1.29, 1.82) is 0 Å². The van der Waals surface area contributed by atoms with Crippen molar-refractivity contribution in [2.24, 2.45) is 0 Å². The Hall–Kier alpha value is -0.220. The average Bonchev–Trinajstić information content (AvgIpc) is 1.79. The molecular weight excluding hydrogens is 168 g/mol. The first-order valence-electron chi connectivity index (χ1n) is 3.02. The van der Waals surface area contributed by atoms with Crippen molar-refractivity contribution >= 4 is 35.5 Å². The quantitative estimate of drug-likeness (QED) is 0.456. The molecule has 10 heavy (non-hydrogen) atoms. The zero-order chi connectivity index (χ0) is 7.98. The molecule has 0 radical (unpaired) electrons. The van der Waals surface area contributed by atoms with E-state index in [1.54, 1.807) is 0 Å². The zero-order valence-electron chi connectivity index (χ0n) is 5.46. The molecule has 0 bridgehead atoms. The second-order valence-electron chi connectivity index (χ2n) is 1.95. The van der Waals surface area contributed by atoms with Crippen molar-refractivity contribution in [3.63, 3.8) is 0 Å². The first-order valence-corrected chi connectivity index (χ1v) is 3.84. The molecule has 0 aromatic carbocycles. The summed E-state index contributed by atoms with van der Waals surface area (Å²) in [5, 5.41) is -0.478. The second kappa shape index (κ2) is 5.56. The number of carbonyl (C=O) groups excluding carboxylic acids is 2. The number of rotatable bonds is 5. The van der Waals surface area contributed by atoms with Crippen LogP contribution in [-0.2, 0) is 34.8 Å². The molecule has 0 aromatic heterocycles. The van der Waals surface area contributed by atoms with Gasteiger partial charge in [-0.3, -0.25) is 0 Å². The van der Waals surface area contributed by atoms with Gasteiger partial charge in [-0.05, 0) is 25.7 Å². The van der Waals surface area contributed by atoms with Gasteiger partial charge in [0.2, 0.25) is 0 Å². The first kappa shape index (κ1) is 9.78. The summed E-state index contributed by atoms with van der Waals surface area (Å²) in [6.45, 7) is 0. The molecule has 0 saturated heterocycles. The summed E-state index contributed by atoms with van der Waals surface area (Å²) in [6, 6.07) is 0. The van der Waals surface area contributed by atoms with Gasteiger partial charge < -0.3 is 34.8 Å². The molecule has 58 valence electrons. The molecule has 0 aliphatic heterocycles. The van der Waals surface area contributed by atoms with Gasteiger partial charge in [0.1, 0.15) is 0 Å². The summed E-state index contributed by atoms with van der Waals surface area (Å²) in [6.07, 6.45) is 2.14. The number of hydrogen-bond donors (Lipinski definition) is 0. The third-order valence-electron chi connectivity index (χ3n) is 1.01. The summed E-state index contributed by atoms with van der Waals surface area (Å²) < 4.78 is 0. The summed E-state index contributed by atoms with van der Waals surface area (Å²) >= 11 is 8.62. The van der Waals surface area contributed by atoms with E-state index < -0.39 is 0 Å². The highest BCUT2D eigenvalue weighted by molar-refractivity contribution is 7.77. The monoisotopic (exact) mass is 176 g/mol. The summed E-state index contributed by atoms with van der Waals surface area (Å²) in [5.74, 6) is 0. The molecule has 0 aliphatic carbocycles. The molecule has 0 fully saturated rings. The molecule has 0 aliphatic rings. The molecule has 0 aromatic rings. The van der Waals surface area contributed by atoms with E-state index in [1.165, 1.54) is 0 Å². The van der Waals surface area contributed by atoms with Gasteiger partial charge in [0.25, 0.3) is 0 Å². The summed E-state index contributed by atoms with van der Waals surface area (Å²) in [7, 11) is 0. The first-order chi connectivity index (χ1) is 4.63. The Labute approximate surface area is 71.2 Å². The topological polar surface area (TPSA) is 34.1 Å². The number of carbonyl (C=O) groups is 2. The minimum atomic E-state index is -0.239. The van der Waals surface area contributed by atoms with Crippen molar-refractivity contribution in [3.8, 4) is 0 Å². The molecule has 0 unspecified atom stereocenters. The standard InChI is InChI=1S/C6H10O2S2/c7-5(9)3-1-2-4-6(8)10/h1-4H2,(H,7,9)(H,8,10)/p-2. The van der Waals surface area contributed by atoms with Crippen molar-refractivity contribution < 1.29 is 9.59 Å². The lowest BCUT2D eigenvalue weighted by Gasteiger charge is -2.04. The van der Waals surface area contributed by atoms with Crippen LogP contribution in [-0.4, -0.2) is 10.2 Å². The molecule has 4 heteroatoms. The van der Waals surface area contributed by atoms with Crippen LogP contribution in [0.5, 0.6) is 0 Å². The lowest BCUT2D eigenvalue weighted by atomic mass is 10.2. The second-order valence-corrected chi connectivity index (χ2v) is 2.86. The highest BCUT2D eigenvalue weighted by Gasteiger charge is 1.88. The Morgan fingerprint density at radius 2 is 1.20 bits per heavy atom. The minimum absolute atomic E-state index is 0.239. The van der Waals surface area contributed by atoms with E-state index in [2.05, 4.69) is 25.3 Å². The molecule has 0 saturated carbocycles. The smallest absolute Gasteiger partial charge is 0.0119 e. The van der Waals surface area contributed by atoms with Gasteiger partial charge in [-0.2, -0.15) is 0 Å². The largest absolute Gasteiger partial charge is 0.742 e. The van der Waals surface area contributed by atoms with E-state index in [-0.39, 0.29) is 10.2 Å². The van der Waals surface area contributed by atoms with E-state index in [4.69, 9.17) is 0 Å². The molecule has 0 heterocycles. The van der Waals surface area contributed by atoms with Crippen LogP contribution in [0.1, 0.15) is 25.7 Å². The highest BCUT2D eigenvalue weighted by atomic mass is 32.1. The summed E-state index contributed by atoms with van der Waals surface area (Å²) in [5.41, 5.74) is 0. The maximum Gasteiger partial charge on any atom is 0.0119 e. The van der Waals surface area contributed by atoms with Gasteiger partial charge in [-0.15, -0.1) is 0 Å². The van der Waals surface area contributed by atoms with E-state index in [0.717, 1.165) is 0 Å². The lowest BCUT2D eigenvalue weighted by molar-refractivity contribution is -0.112. The number of hydrogen-bond acceptors (Lipinski definition) is 4. The maximum absolute atomic E-state index is 10.2. The van der Waals surface area contributed by atoms with Crippen LogP contribution < -0.4 is 0 Å². The molecule has 2 nitrogen and oxygen atoms in total. The summed E-state index contributed by atoms with van der Waals surface area (Å²) in [4.78, 5) is 20.4. The third kappa shape index (κ3) is 7.78. The van der Waals surface area contributed by atoms with Crippen LogP contribution in [0.4, 0.5) is 0 Å². The molecule has 0 atom stereocenters. The average molecular weight is 176 g/mol. The lowest BCUT2D eigenvalue weighted by Crippen LogP contribution is -1.94. The molecule has 0 N–H and O–H groups in total. The van der Waals surface area contributed by atoms with Gasteiger partial charge in [0.15, 0.2) is 0 Å². The Kier molecular flexibility index (Phi) is 5.43. The third-order valence-corrected chi connectivity index (χ3v) is 1.42. The van der Waals surface area contributed by atoms with Crippen molar-refractivity contribution in [2.45, 2.75) is 25.7 Å². The zero-order valence-corrected chi connectivity index (χ0v) is 7.09. The van der Waals surface area contributed by atoms with E-state index in [9.17, 15) is 9.59 Å². The molecule has 0 rings (SSSR count). The molecular formula is C6H8O2S2-2. The fraction of sp³-hybridized carbons (Fsp3) is 0.667. The predicted molar refractivity (Wildman–Crippen MR) is 43.2 cm³/mol. The van der Waals surface area contributed by atoms with Crippen molar-refractivity contribution in [2.75, 3.05) is 0 Å². The molecule has 0 spiro atoms. The van der Waals surface area contributed by atoms with Crippen molar-refractivity contribution in [3.05, 3.63) is 0 Å². The van der Waals surface area contributed by atoms with Crippen LogP contribution in [0.15, 0.2) is 0 Å². The van der Waals surface area contributed by atoms with Gasteiger partial charge in [0, 0.05) is 10.2 Å². The van der Waals surface area contributed by atoms with Gasteiger partial charge >= 0.3 is 0 Å². The fourth-order valence-electron chi connectivity index (χ4n) is 0.539. The number of unbranched alkanes of at least 4 members (excludes halogenated alkanes) is 1. The Morgan fingerprint density at radius 1 is 0.900 bits per heavy atom. The highest BCUT2D eigenvalue weighted by Crippen LogP contribution is 1.99. The van der Waals surface area contributed by atoms with Gasteiger partial charge in [-0.1, -0.05) is 0 Å². The van der Waals surface area contributed by atoms with Gasteiger partial charge in [-0.25, -0.2) is 0 Å². The maximum atomic E-state index is 10.2. The van der Waals surface area contributed by atoms with Crippen LogP contribution in [0.2, 0.25) is 0 Å². The van der Waals surface area contributed by atoms with E-state index in [1.807, 2.05) is 0 Å². The van der Waals surface area contributed by atoms with Crippen LogP contribution >= 0.6 is 0 Å². The Balaban J connectivity index is 3.06. The van der Waals surface area contributed by atoms with E-state index >= 15 is 0 Å². The van der Waals surface area contributed by atoms with Crippen LogP contribution in [0.3, 0.4) is 0 Å². The van der Waals surface area contributed by atoms with Crippen LogP contribution in [0, 0.1) is 0 Å². The normalized spacial score (nSPS) is 9.20. The minimum Gasteiger partial charge on any atom is -0.742 e. The molecule has 0 amide bonds.